The lowest BCUT2D eigenvalue weighted by Gasteiger charge is -2.14. The summed E-state index contributed by atoms with van der Waals surface area (Å²) in [7, 11) is 3.37. The van der Waals surface area contributed by atoms with Crippen molar-refractivity contribution in [3.63, 3.8) is 0 Å². The van der Waals surface area contributed by atoms with E-state index in [0.717, 1.165) is 31.0 Å². The van der Waals surface area contributed by atoms with E-state index in [1.54, 1.807) is 14.2 Å². The molecular formula is C12H17NO2. The van der Waals surface area contributed by atoms with E-state index in [1.165, 1.54) is 17.5 Å². The Balaban J connectivity index is 2.47. The van der Waals surface area contributed by atoms with E-state index in [4.69, 9.17) is 9.47 Å². The lowest BCUT2D eigenvalue weighted by molar-refractivity contribution is 0.350. The van der Waals surface area contributed by atoms with Crippen LogP contribution in [0.2, 0.25) is 0 Å². The quantitative estimate of drug-likeness (QED) is 0.801. The Bertz CT molecular complexity index is 350. The van der Waals surface area contributed by atoms with Gasteiger partial charge in [-0.05, 0) is 31.0 Å². The number of benzene rings is 1. The summed E-state index contributed by atoms with van der Waals surface area (Å²) in [5.74, 6) is 1.70. The first-order valence-corrected chi connectivity index (χ1v) is 5.30. The second kappa shape index (κ2) is 4.53. The largest absolute Gasteiger partial charge is 0.493 e. The molecule has 1 N–H and O–H groups in total. The SMILES string of the molecule is COc1ccc2c(c1OC)CNCCC2. The Hall–Kier alpha value is -1.22. The standard InChI is InChI=1S/C12H17NO2/c1-14-11-6-5-9-4-3-7-13-8-10(9)12(11)15-2/h5-6,13H,3-4,7-8H2,1-2H3. The molecule has 0 bridgehead atoms. The monoisotopic (exact) mass is 207 g/mol. The van der Waals surface area contributed by atoms with Gasteiger partial charge in [0.1, 0.15) is 0 Å². The topological polar surface area (TPSA) is 30.5 Å². The molecule has 0 aliphatic carbocycles. The molecular weight excluding hydrogens is 190 g/mol. The fourth-order valence-electron chi connectivity index (χ4n) is 2.08. The molecule has 15 heavy (non-hydrogen) atoms. The van der Waals surface area contributed by atoms with Crippen LogP contribution in [-0.4, -0.2) is 20.8 Å². The second-order valence-electron chi connectivity index (χ2n) is 3.72. The van der Waals surface area contributed by atoms with Crippen LogP contribution in [0.4, 0.5) is 0 Å². The predicted octanol–water partition coefficient (Wildman–Crippen LogP) is 1.74. The number of hydrogen-bond acceptors (Lipinski definition) is 3. The van der Waals surface area contributed by atoms with Gasteiger partial charge in [0.15, 0.2) is 11.5 Å². The number of nitrogens with one attached hydrogen (secondary N) is 1. The zero-order chi connectivity index (χ0) is 10.7. The molecule has 1 aromatic rings. The maximum Gasteiger partial charge on any atom is 0.165 e. The smallest absolute Gasteiger partial charge is 0.165 e. The van der Waals surface area contributed by atoms with E-state index < -0.39 is 0 Å². The highest BCUT2D eigenvalue weighted by Gasteiger charge is 2.16. The molecule has 0 amide bonds. The molecule has 0 atom stereocenters. The number of methoxy groups -OCH3 is 2. The molecule has 1 heterocycles. The van der Waals surface area contributed by atoms with Gasteiger partial charge >= 0.3 is 0 Å². The van der Waals surface area contributed by atoms with E-state index >= 15 is 0 Å². The van der Waals surface area contributed by atoms with Crippen molar-refractivity contribution in [3.8, 4) is 11.5 Å². The molecule has 1 aliphatic heterocycles. The molecule has 3 nitrogen and oxygen atoms in total. The van der Waals surface area contributed by atoms with Crippen LogP contribution in [0.3, 0.4) is 0 Å². The molecule has 0 aromatic heterocycles. The minimum atomic E-state index is 0.819. The van der Waals surface area contributed by atoms with E-state index in [-0.39, 0.29) is 0 Å². The minimum absolute atomic E-state index is 0.819. The predicted molar refractivity (Wildman–Crippen MR) is 59.6 cm³/mol. The number of rotatable bonds is 2. The summed E-state index contributed by atoms with van der Waals surface area (Å²) >= 11 is 0. The average Bonchev–Trinajstić information content (AvgIpc) is 2.52. The molecule has 0 radical (unpaired) electrons. The van der Waals surface area contributed by atoms with Crippen LogP contribution in [-0.2, 0) is 13.0 Å². The van der Waals surface area contributed by atoms with Crippen molar-refractivity contribution in [3.05, 3.63) is 23.3 Å². The van der Waals surface area contributed by atoms with Crippen molar-refractivity contribution in [2.45, 2.75) is 19.4 Å². The molecule has 0 spiro atoms. The summed E-state index contributed by atoms with van der Waals surface area (Å²) in [5.41, 5.74) is 2.62. The van der Waals surface area contributed by atoms with Crippen LogP contribution >= 0.6 is 0 Å². The van der Waals surface area contributed by atoms with Gasteiger partial charge in [-0.1, -0.05) is 6.07 Å². The Morgan fingerprint density at radius 1 is 1.20 bits per heavy atom. The molecule has 3 heteroatoms. The molecule has 82 valence electrons. The first-order valence-electron chi connectivity index (χ1n) is 5.30. The maximum absolute atomic E-state index is 5.43. The van der Waals surface area contributed by atoms with E-state index in [0.29, 0.717) is 0 Å². The summed E-state index contributed by atoms with van der Waals surface area (Å²) in [6.07, 6.45) is 2.30. The van der Waals surface area contributed by atoms with Gasteiger partial charge < -0.3 is 14.8 Å². The van der Waals surface area contributed by atoms with Crippen molar-refractivity contribution in [1.29, 1.82) is 0 Å². The van der Waals surface area contributed by atoms with Gasteiger partial charge in [0.25, 0.3) is 0 Å². The summed E-state index contributed by atoms with van der Waals surface area (Å²) in [6.45, 7) is 1.94. The summed E-state index contributed by atoms with van der Waals surface area (Å²) < 4.78 is 10.7. The van der Waals surface area contributed by atoms with Crippen LogP contribution in [0.1, 0.15) is 17.5 Å². The Morgan fingerprint density at radius 3 is 2.80 bits per heavy atom. The van der Waals surface area contributed by atoms with E-state index in [2.05, 4.69) is 11.4 Å². The highest BCUT2D eigenvalue weighted by molar-refractivity contribution is 5.51. The second-order valence-corrected chi connectivity index (χ2v) is 3.72. The Morgan fingerprint density at radius 2 is 2.07 bits per heavy atom. The van der Waals surface area contributed by atoms with Crippen molar-refractivity contribution >= 4 is 0 Å². The molecule has 2 rings (SSSR count). The third-order valence-electron chi connectivity index (χ3n) is 2.85. The molecule has 1 aromatic carbocycles. The zero-order valence-corrected chi connectivity index (χ0v) is 9.30. The molecule has 0 fully saturated rings. The Kier molecular flexibility index (Phi) is 3.11. The lowest BCUT2D eigenvalue weighted by Crippen LogP contribution is -2.12. The van der Waals surface area contributed by atoms with Crippen LogP contribution in [0.15, 0.2) is 12.1 Å². The molecule has 0 unspecified atom stereocenters. The lowest BCUT2D eigenvalue weighted by atomic mass is 10.0. The van der Waals surface area contributed by atoms with Gasteiger partial charge in [-0.3, -0.25) is 0 Å². The van der Waals surface area contributed by atoms with Gasteiger partial charge in [-0.2, -0.15) is 0 Å². The summed E-state index contributed by atoms with van der Waals surface area (Å²) in [6, 6.07) is 4.13. The van der Waals surface area contributed by atoms with Gasteiger partial charge in [0.2, 0.25) is 0 Å². The van der Waals surface area contributed by atoms with Gasteiger partial charge in [0, 0.05) is 12.1 Å². The molecule has 0 saturated carbocycles. The van der Waals surface area contributed by atoms with Crippen LogP contribution in [0.5, 0.6) is 11.5 Å². The fraction of sp³-hybridized carbons (Fsp3) is 0.500. The third kappa shape index (κ3) is 1.92. The van der Waals surface area contributed by atoms with Crippen molar-refractivity contribution in [2.24, 2.45) is 0 Å². The van der Waals surface area contributed by atoms with Gasteiger partial charge in [-0.25, -0.2) is 0 Å². The molecule has 1 aliphatic rings. The third-order valence-corrected chi connectivity index (χ3v) is 2.85. The van der Waals surface area contributed by atoms with Crippen LogP contribution in [0.25, 0.3) is 0 Å². The number of fused-ring (bicyclic) bond motifs is 1. The fourth-order valence-corrected chi connectivity index (χ4v) is 2.08. The summed E-state index contributed by atoms with van der Waals surface area (Å²) in [5, 5.41) is 3.39. The van der Waals surface area contributed by atoms with Crippen molar-refractivity contribution < 1.29 is 9.47 Å². The van der Waals surface area contributed by atoms with Gasteiger partial charge in [-0.15, -0.1) is 0 Å². The number of ether oxygens (including phenoxy) is 2. The highest BCUT2D eigenvalue weighted by atomic mass is 16.5. The zero-order valence-electron chi connectivity index (χ0n) is 9.30. The summed E-state index contributed by atoms with van der Waals surface area (Å²) in [4.78, 5) is 0. The normalized spacial score (nSPS) is 15.3. The van der Waals surface area contributed by atoms with Gasteiger partial charge in [0.05, 0.1) is 14.2 Å². The number of aryl methyl sites for hydroxylation is 1. The minimum Gasteiger partial charge on any atom is -0.493 e. The van der Waals surface area contributed by atoms with Crippen molar-refractivity contribution in [2.75, 3.05) is 20.8 Å². The molecule has 0 saturated heterocycles. The number of hydrogen-bond donors (Lipinski definition) is 1. The first kappa shape index (κ1) is 10.3. The van der Waals surface area contributed by atoms with Crippen LogP contribution in [0, 0.1) is 0 Å². The first-order chi connectivity index (χ1) is 7.36. The maximum atomic E-state index is 5.43. The van der Waals surface area contributed by atoms with E-state index in [9.17, 15) is 0 Å². The Labute approximate surface area is 90.4 Å². The average molecular weight is 207 g/mol. The van der Waals surface area contributed by atoms with E-state index in [1.807, 2.05) is 6.07 Å². The highest BCUT2D eigenvalue weighted by Crippen LogP contribution is 2.34. The van der Waals surface area contributed by atoms with Crippen molar-refractivity contribution in [1.82, 2.24) is 5.32 Å². The van der Waals surface area contributed by atoms with Crippen LogP contribution < -0.4 is 14.8 Å².